The summed E-state index contributed by atoms with van der Waals surface area (Å²) in [5.41, 5.74) is 0.751. The number of carbonyl (C=O) groups excluding carboxylic acids is 2. The van der Waals surface area contributed by atoms with Crippen molar-refractivity contribution < 1.29 is 18.4 Å². The number of carbonyl (C=O) groups is 2. The van der Waals surface area contributed by atoms with Crippen molar-refractivity contribution in [3.63, 3.8) is 0 Å². The van der Waals surface area contributed by atoms with Crippen LogP contribution in [0.2, 0.25) is 0 Å². The van der Waals surface area contributed by atoms with Gasteiger partial charge in [0, 0.05) is 11.3 Å². The molecule has 1 N–H and O–H groups in total. The van der Waals surface area contributed by atoms with Gasteiger partial charge < -0.3 is 14.6 Å². The van der Waals surface area contributed by atoms with Crippen LogP contribution in [-0.2, 0) is 9.59 Å². The van der Waals surface area contributed by atoms with Crippen LogP contribution in [0.3, 0.4) is 0 Å². The fourth-order valence-electron chi connectivity index (χ4n) is 3.08. The number of thioether (sulfide) groups is 1. The number of halogens is 1. The summed E-state index contributed by atoms with van der Waals surface area (Å²) in [5.74, 6) is -0.463. The fraction of sp³-hybridized carbons (Fsp3) is 0.143. The topological polar surface area (TPSA) is 62.6 Å². The third-order valence-corrected chi connectivity index (χ3v) is 5.68. The number of nitrogens with zero attached hydrogens (tertiary/aromatic N) is 1. The van der Waals surface area contributed by atoms with Gasteiger partial charge in [0.05, 0.1) is 22.9 Å². The van der Waals surface area contributed by atoms with Crippen LogP contribution in [-0.4, -0.2) is 18.4 Å². The summed E-state index contributed by atoms with van der Waals surface area (Å²) in [4.78, 5) is 27.8. The Hall–Kier alpha value is -3.06. The number of benzene rings is 2. The van der Waals surface area contributed by atoms with Gasteiger partial charge in [-0.1, -0.05) is 24.3 Å². The summed E-state index contributed by atoms with van der Waals surface area (Å²) in [6.45, 7) is -0.199. The minimum Gasteiger partial charge on any atom is -0.468 e. The maximum absolute atomic E-state index is 13.8. The van der Waals surface area contributed by atoms with Crippen molar-refractivity contribution in [1.29, 1.82) is 0 Å². The smallest absolute Gasteiger partial charge is 0.244 e. The molecule has 2 amide bonds. The summed E-state index contributed by atoms with van der Waals surface area (Å²) in [6.07, 6.45) is 1.77. The number of hydrogen-bond donors (Lipinski definition) is 1. The molecule has 0 saturated heterocycles. The molecule has 0 radical (unpaired) electrons. The van der Waals surface area contributed by atoms with E-state index in [0.717, 1.165) is 4.90 Å². The molecular weight excluding hydrogens is 379 g/mol. The van der Waals surface area contributed by atoms with Gasteiger partial charge in [-0.05, 0) is 36.4 Å². The Morgan fingerprint density at radius 1 is 1.14 bits per heavy atom. The number of para-hydroxylation sites is 2. The van der Waals surface area contributed by atoms with Crippen LogP contribution in [0.1, 0.15) is 17.4 Å². The molecule has 7 heteroatoms. The Bertz CT molecular complexity index is 1010. The molecule has 0 aliphatic carbocycles. The van der Waals surface area contributed by atoms with E-state index in [4.69, 9.17) is 4.42 Å². The van der Waals surface area contributed by atoms with E-state index in [1.54, 1.807) is 30.5 Å². The van der Waals surface area contributed by atoms with Gasteiger partial charge in [0.15, 0.2) is 0 Å². The number of rotatable bonds is 4. The molecule has 5 nitrogen and oxygen atoms in total. The van der Waals surface area contributed by atoms with Crippen molar-refractivity contribution >= 4 is 35.0 Å². The first-order chi connectivity index (χ1) is 13.6. The lowest BCUT2D eigenvalue weighted by Gasteiger charge is -2.22. The first kappa shape index (κ1) is 18.3. The van der Waals surface area contributed by atoms with E-state index in [1.807, 2.05) is 24.3 Å². The maximum atomic E-state index is 13.8. The third-order valence-electron chi connectivity index (χ3n) is 4.40. The van der Waals surface area contributed by atoms with E-state index in [-0.39, 0.29) is 29.8 Å². The monoisotopic (exact) mass is 396 g/mol. The molecule has 1 aliphatic heterocycles. The van der Waals surface area contributed by atoms with Crippen LogP contribution in [0.4, 0.5) is 15.8 Å². The molecule has 2 heterocycles. The summed E-state index contributed by atoms with van der Waals surface area (Å²) in [6, 6.07) is 17.0. The number of furan rings is 1. The predicted molar refractivity (Wildman–Crippen MR) is 106 cm³/mol. The molecular formula is C21H17FN2O3S. The molecule has 0 saturated carbocycles. The summed E-state index contributed by atoms with van der Waals surface area (Å²) in [5, 5.41) is 2.36. The van der Waals surface area contributed by atoms with Gasteiger partial charge in [-0.25, -0.2) is 4.39 Å². The van der Waals surface area contributed by atoms with Crippen LogP contribution in [0, 0.1) is 5.82 Å². The zero-order valence-electron chi connectivity index (χ0n) is 14.8. The first-order valence-corrected chi connectivity index (χ1v) is 9.63. The second-order valence-electron chi connectivity index (χ2n) is 6.30. The van der Waals surface area contributed by atoms with Gasteiger partial charge in [0.25, 0.3) is 0 Å². The Kier molecular flexibility index (Phi) is 5.16. The highest BCUT2D eigenvalue weighted by Gasteiger charge is 2.31. The minimum atomic E-state index is -0.521. The summed E-state index contributed by atoms with van der Waals surface area (Å²) < 4.78 is 19.3. The molecule has 0 unspecified atom stereocenters. The third kappa shape index (κ3) is 3.80. The molecule has 142 valence electrons. The standard InChI is InChI=1S/C21H17FN2O3S/c22-14-6-1-2-7-15(14)23-20(25)13-24-16-8-3-4-10-18(16)28-19(12-21(24)26)17-9-5-11-27-17/h1-11,19H,12-13H2,(H,23,25)/t19-/m0/s1. The van der Waals surface area contributed by atoms with Crippen LogP contribution in [0.5, 0.6) is 0 Å². The maximum Gasteiger partial charge on any atom is 0.244 e. The lowest BCUT2D eigenvalue weighted by Crippen LogP contribution is -2.38. The van der Waals surface area contributed by atoms with Crippen molar-refractivity contribution in [1.82, 2.24) is 0 Å². The highest BCUT2D eigenvalue weighted by atomic mass is 32.2. The second kappa shape index (κ2) is 7.90. The zero-order valence-corrected chi connectivity index (χ0v) is 15.6. The van der Waals surface area contributed by atoms with Crippen molar-refractivity contribution in [2.75, 3.05) is 16.8 Å². The normalized spacial score (nSPS) is 16.4. The van der Waals surface area contributed by atoms with E-state index in [0.29, 0.717) is 11.4 Å². The molecule has 3 aromatic rings. The number of anilines is 2. The van der Waals surface area contributed by atoms with Gasteiger partial charge in [0.1, 0.15) is 18.1 Å². The van der Waals surface area contributed by atoms with Gasteiger partial charge in [-0.15, -0.1) is 11.8 Å². The van der Waals surface area contributed by atoms with Crippen molar-refractivity contribution in [3.8, 4) is 0 Å². The molecule has 2 aromatic carbocycles. The van der Waals surface area contributed by atoms with Crippen molar-refractivity contribution in [2.45, 2.75) is 16.6 Å². The largest absolute Gasteiger partial charge is 0.468 e. The number of amides is 2. The summed E-state index contributed by atoms with van der Waals surface area (Å²) >= 11 is 1.53. The van der Waals surface area contributed by atoms with E-state index in [9.17, 15) is 14.0 Å². The van der Waals surface area contributed by atoms with Crippen LogP contribution < -0.4 is 10.2 Å². The Morgan fingerprint density at radius 2 is 1.93 bits per heavy atom. The van der Waals surface area contributed by atoms with Gasteiger partial charge in [0.2, 0.25) is 11.8 Å². The lowest BCUT2D eigenvalue weighted by atomic mass is 10.2. The fourth-order valence-corrected chi connectivity index (χ4v) is 4.32. The van der Waals surface area contributed by atoms with E-state index < -0.39 is 11.7 Å². The van der Waals surface area contributed by atoms with Crippen molar-refractivity contribution in [3.05, 3.63) is 78.5 Å². The minimum absolute atomic E-state index is 0.0888. The predicted octanol–water partition coefficient (Wildman–Crippen LogP) is 4.63. The highest BCUT2D eigenvalue weighted by Crippen LogP contribution is 2.45. The molecule has 0 spiro atoms. The van der Waals surface area contributed by atoms with E-state index in [2.05, 4.69) is 5.32 Å². The molecule has 0 fully saturated rings. The molecule has 4 rings (SSSR count). The average Bonchev–Trinajstić information content (AvgIpc) is 3.18. The van der Waals surface area contributed by atoms with Crippen LogP contribution >= 0.6 is 11.8 Å². The highest BCUT2D eigenvalue weighted by molar-refractivity contribution is 7.99. The zero-order chi connectivity index (χ0) is 19.5. The van der Waals surface area contributed by atoms with Gasteiger partial charge in [-0.2, -0.15) is 0 Å². The Morgan fingerprint density at radius 3 is 2.71 bits per heavy atom. The van der Waals surface area contributed by atoms with Crippen molar-refractivity contribution in [2.24, 2.45) is 0 Å². The SMILES string of the molecule is O=C(CN1C(=O)C[C@@H](c2ccco2)Sc2ccccc21)Nc1ccccc1F. The van der Waals surface area contributed by atoms with Crippen LogP contribution in [0.15, 0.2) is 76.2 Å². The van der Waals surface area contributed by atoms with Crippen LogP contribution in [0.25, 0.3) is 0 Å². The van der Waals surface area contributed by atoms with Gasteiger partial charge in [-0.3, -0.25) is 9.59 Å². The molecule has 1 aromatic heterocycles. The van der Waals surface area contributed by atoms with E-state index >= 15 is 0 Å². The second-order valence-corrected chi connectivity index (χ2v) is 7.55. The quantitative estimate of drug-likeness (QED) is 0.699. The summed E-state index contributed by atoms with van der Waals surface area (Å²) in [7, 11) is 0. The number of nitrogens with one attached hydrogen (secondary N) is 1. The molecule has 1 atom stereocenters. The first-order valence-electron chi connectivity index (χ1n) is 8.75. The Balaban J connectivity index is 1.59. The average molecular weight is 396 g/mol. The molecule has 28 heavy (non-hydrogen) atoms. The number of hydrogen-bond acceptors (Lipinski definition) is 4. The lowest BCUT2D eigenvalue weighted by molar-refractivity contribution is -0.121. The molecule has 1 aliphatic rings. The van der Waals surface area contributed by atoms with Gasteiger partial charge >= 0.3 is 0 Å². The number of fused-ring (bicyclic) bond motifs is 1. The Labute approximate surface area is 165 Å². The molecule has 0 bridgehead atoms. The van der Waals surface area contributed by atoms with E-state index in [1.165, 1.54) is 28.8 Å².